The smallest absolute Gasteiger partial charge is 0.148 e. The third-order valence-electron chi connectivity index (χ3n) is 2.31. The summed E-state index contributed by atoms with van der Waals surface area (Å²) >= 11 is 5.88. The molecule has 80 valence electrons. The van der Waals surface area contributed by atoms with Gasteiger partial charge in [0.05, 0.1) is 12.7 Å². The van der Waals surface area contributed by atoms with Gasteiger partial charge in [-0.3, -0.25) is 4.68 Å². The van der Waals surface area contributed by atoms with Gasteiger partial charge in [0, 0.05) is 18.8 Å². The number of aromatic nitrogens is 4. The van der Waals surface area contributed by atoms with Gasteiger partial charge in [-0.15, -0.1) is 0 Å². The summed E-state index contributed by atoms with van der Waals surface area (Å²) in [7, 11) is 1.87. The van der Waals surface area contributed by atoms with Gasteiger partial charge in [0.15, 0.2) is 0 Å². The summed E-state index contributed by atoms with van der Waals surface area (Å²) in [5, 5.41) is 4.77. The van der Waals surface area contributed by atoms with E-state index in [1.807, 2.05) is 24.7 Å². The van der Waals surface area contributed by atoms with Crippen molar-refractivity contribution in [3.63, 3.8) is 0 Å². The average molecular weight is 226 g/mol. The molecule has 2 N–H and O–H groups in total. The van der Waals surface area contributed by atoms with Crippen LogP contribution in [0.25, 0.3) is 0 Å². The van der Waals surface area contributed by atoms with E-state index < -0.39 is 0 Å². The molecule has 0 bridgehead atoms. The van der Waals surface area contributed by atoms with Crippen molar-refractivity contribution in [1.82, 2.24) is 19.3 Å². The van der Waals surface area contributed by atoms with Gasteiger partial charge in [-0.1, -0.05) is 11.6 Å². The molecule has 0 fully saturated rings. The number of rotatable bonds is 2. The van der Waals surface area contributed by atoms with E-state index in [0.717, 1.165) is 11.4 Å². The Morgan fingerprint density at radius 1 is 1.53 bits per heavy atom. The predicted octanol–water partition coefficient (Wildman–Crippen LogP) is 1.21. The molecule has 0 spiro atoms. The third-order valence-corrected chi connectivity index (χ3v) is 2.67. The zero-order valence-corrected chi connectivity index (χ0v) is 9.36. The average Bonchev–Trinajstić information content (AvgIpc) is 2.65. The lowest BCUT2D eigenvalue weighted by Gasteiger charge is -2.02. The molecule has 6 heteroatoms. The molecule has 0 amide bonds. The van der Waals surface area contributed by atoms with Gasteiger partial charge in [0.25, 0.3) is 0 Å². The zero-order valence-electron chi connectivity index (χ0n) is 8.61. The summed E-state index contributed by atoms with van der Waals surface area (Å²) in [4.78, 5) is 4.18. The molecule has 0 radical (unpaired) electrons. The van der Waals surface area contributed by atoms with E-state index in [2.05, 4.69) is 10.1 Å². The lowest BCUT2D eigenvalue weighted by molar-refractivity contribution is 0.634. The van der Waals surface area contributed by atoms with Crippen molar-refractivity contribution in [1.29, 1.82) is 0 Å². The van der Waals surface area contributed by atoms with Crippen LogP contribution in [-0.2, 0) is 13.6 Å². The van der Waals surface area contributed by atoms with Crippen molar-refractivity contribution in [2.75, 3.05) is 5.73 Å². The van der Waals surface area contributed by atoms with Crippen molar-refractivity contribution in [2.24, 2.45) is 7.05 Å². The highest BCUT2D eigenvalue weighted by molar-refractivity contribution is 6.29. The van der Waals surface area contributed by atoms with Gasteiger partial charge in [-0.05, 0) is 6.92 Å². The first-order valence-electron chi connectivity index (χ1n) is 4.53. The van der Waals surface area contributed by atoms with Gasteiger partial charge in [0.1, 0.15) is 16.8 Å². The molecular weight excluding hydrogens is 214 g/mol. The fourth-order valence-electron chi connectivity index (χ4n) is 1.33. The van der Waals surface area contributed by atoms with Crippen LogP contribution in [0.1, 0.15) is 11.4 Å². The Hall–Kier alpha value is -1.49. The Morgan fingerprint density at radius 2 is 2.27 bits per heavy atom. The number of nitrogens with zero attached hydrogens (tertiary/aromatic N) is 4. The summed E-state index contributed by atoms with van der Waals surface area (Å²) in [5.74, 6) is 1.40. The van der Waals surface area contributed by atoms with Crippen molar-refractivity contribution in [3.05, 3.63) is 28.9 Å². The predicted molar refractivity (Wildman–Crippen MR) is 58.7 cm³/mol. The molecule has 0 saturated carbocycles. The van der Waals surface area contributed by atoms with Gasteiger partial charge in [0.2, 0.25) is 0 Å². The molecule has 0 aromatic carbocycles. The molecular formula is C9H12ClN5. The fraction of sp³-hybridized carbons (Fsp3) is 0.333. The van der Waals surface area contributed by atoms with Crippen molar-refractivity contribution in [2.45, 2.75) is 13.5 Å². The topological polar surface area (TPSA) is 61.7 Å². The maximum absolute atomic E-state index is 5.88. The monoisotopic (exact) mass is 225 g/mol. The second kappa shape index (κ2) is 3.58. The van der Waals surface area contributed by atoms with E-state index in [4.69, 9.17) is 17.3 Å². The molecule has 15 heavy (non-hydrogen) atoms. The zero-order chi connectivity index (χ0) is 11.0. The van der Waals surface area contributed by atoms with Gasteiger partial charge >= 0.3 is 0 Å². The minimum absolute atomic E-state index is 0.551. The molecule has 0 aliphatic carbocycles. The van der Waals surface area contributed by atoms with E-state index in [-0.39, 0.29) is 0 Å². The van der Waals surface area contributed by atoms with E-state index in [9.17, 15) is 0 Å². The number of nitrogens with two attached hydrogens (primary N) is 1. The minimum Gasteiger partial charge on any atom is -0.382 e. The number of imidazole rings is 1. The normalized spacial score (nSPS) is 10.9. The summed E-state index contributed by atoms with van der Waals surface area (Å²) < 4.78 is 3.57. The van der Waals surface area contributed by atoms with Crippen LogP contribution in [0, 0.1) is 6.92 Å². The Balaban J connectivity index is 2.25. The third kappa shape index (κ3) is 1.83. The van der Waals surface area contributed by atoms with Crippen LogP contribution in [-0.4, -0.2) is 19.3 Å². The second-order valence-corrected chi connectivity index (χ2v) is 3.84. The van der Waals surface area contributed by atoms with E-state index in [0.29, 0.717) is 17.5 Å². The fourth-order valence-corrected chi connectivity index (χ4v) is 1.48. The van der Waals surface area contributed by atoms with Crippen LogP contribution in [0.4, 0.5) is 5.82 Å². The Bertz CT molecular complexity index is 465. The van der Waals surface area contributed by atoms with Crippen LogP contribution >= 0.6 is 11.6 Å². The highest BCUT2D eigenvalue weighted by Gasteiger charge is 2.07. The molecule has 2 aromatic heterocycles. The number of halogens is 1. The highest BCUT2D eigenvalue weighted by Crippen LogP contribution is 2.12. The van der Waals surface area contributed by atoms with E-state index >= 15 is 0 Å². The van der Waals surface area contributed by atoms with Crippen molar-refractivity contribution >= 4 is 17.4 Å². The minimum atomic E-state index is 0.551. The lowest BCUT2D eigenvalue weighted by atomic mass is 10.4. The van der Waals surface area contributed by atoms with Crippen LogP contribution in [0.15, 0.2) is 12.4 Å². The molecule has 2 rings (SSSR count). The quantitative estimate of drug-likeness (QED) is 0.836. The maximum atomic E-state index is 5.88. The number of nitrogen functional groups attached to an aromatic ring is 1. The first-order valence-corrected chi connectivity index (χ1v) is 4.91. The van der Waals surface area contributed by atoms with Crippen molar-refractivity contribution < 1.29 is 0 Å². The summed E-state index contributed by atoms with van der Waals surface area (Å²) in [5.41, 5.74) is 6.62. The second-order valence-electron chi connectivity index (χ2n) is 3.45. The standard InChI is InChI=1S/C9H12ClN5/c1-6-4-15(13-9(6)11)5-8-12-3-7(10)14(8)2/h3-4H,5H2,1-2H3,(H2,11,13). The summed E-state index contributed by atoms with van der Waals surface area (Å²) in [6.07, 6.45) is 3.51. The van der Waals surface area contributed by atoms with Gasteiger partial charge in [-0.2, -0.15) is 5.10 Å². The molecule has 2 aromatic rings. The molecule has 5 nitrogen and oxygen atoms in total. The molecule has 2 heterocycles. The molecule has 0 saturated heterocycles. The molecule has 0 aliphatic heterocycles. The summed E-state index contributed by atoms with van der Waals surface area (Å²) in [6, 6.07) is 0. The first-order chi connectivity index (χ1) is 7.08. The molecule has 0 aliphatic rings. The Labute approximate surface area is 92.5 Å². The van der Waals surface area contributed by atoms with E-state index in [1.165, 1.54) is 0 Å². The number of hydrogen-bond acceptors (Lipinski definition) is 3. The van der Waals surface area contributed by atoms with Crippen LogP contribution in [0.5, 0.6) is 0 Å². The van der Waals surface area contributed by atoms with Crippen LogP contribution in [0.3, 0.4) is 0 Å². The Kier molecular flexibility index (Phi) is 2.40. The van der Waals surface area contributed by atoms with Gasteiger partial charge < -0.3 is 10.3 Å². The van der Waals surface area contributed by atoms with Crippen LogP contribution < -0.4 is 5.73 Å². The number of anilines is 1. The lowest BCUT2D eigenvalue weighted by Crippen LogP contribution is -2.06. The first kappa shape index (κ1) is 10.0. The highest BCUT2D eigenvalue weighted by atomic mass is 35.5. The largest absolute Gasteiger partial charge is 0.382 e. The SMILES string of the molecule is Cc1cn(Cc2ncc(Cl)n2C)nc1N. The Morgan fingerprint density at radius 3 is 2.73 bits per heavy atom. The molecule has 0 unspecified atom stereocenters. The van der Waals surface area contributed by atoms with Gasteiger partial charge in [-0.25, -0.2) is 4.98 Å². The summed E-state index contributed by atoms with van der Waals surface area (Å²) in [6.45, 7) is 2.49. The number of hydrogen-bond donors (Lipinski definition) is 1. The van der Waals surface area contributed by atoms with Crippen molar-refractivity contribution in [3.8, 4) is 0 Å². The van der Waals surface area contributed by atoms with E-state index in [1.54, 1.807) is 10.9 Å². The molecule has 0 atom stereocenters. The van der Waals surface area contributed by atoms with Crippen LogP contribution in [0.2, 0.25) is 5.15 Å². The maximum Gasteiger partial charge on any atom is 0.148 e. The number of aryl methyl sites for hydroxylation is 1.